The van der Waals surface area contributed by atoms with Crippen molar-refractivity contribution in [2.24, 2.45) is 34.8 Å². The normalized spacial score (nSPS) is 49.3. The third-order valence-electron chi connectivity index (χ3n) is 7.65. The average Bonchev–Trinajstić information content (AvgIpc) is 2.37. The minimum Gasteiger partial charge on any atom is -0.325 e. The fourth-order valence-corrected chi connectivity index (χ4v) is 6.96. The molecule has 0 amide bonds. The highest BCUT2D eigenvalue weighted by molar-refractivity contribution is 5.08. The zero-order chi connectivity index (χ0) is 13.1. The second-order valence-corrected chi connectivity index (χ2v) is 8.80. The van der Waals surface area contributed by atoms with Gasteiger partial charge in [-0.3, -0.25) is 0 Å². The molecule has 0 aromatic carbocycles. The highest BCUT2D eigenvalue weighted by atomic mass is 14.8. The van der Waals surface area contributed by atoms with Crippen molar-refractivity contribution >= 4 is 0 Å². The van der Waals surface area contributed by atoms with E-state index >= 15 is 0 Å². The largest absolute Gasteiger partial charge is 0.325 e. The van der Waals surface area contributed by atoms with Crippen molar-refractivity contribution in [3.8, 4) is 0 Å². The minimum absolute atomic E-state index is 0.184. The molecule has 2 N–H and O–H groups in total. The van der Waals surface area contributed by atoms with Gasteiger partial charge in [-0.2, -0.15) is 0 Å². The van der Waals surface area contributed by atoms with Crippen molar-refractivity contribution in [2.75, 3.05) is 0 Å². The first-order chi connectivity index (χ1) is 9.10. The fourth-order valence-electron chi connectivity index (χ4n) is 6.96. The summed E-state index contributed by atoms with van der Waals surface area (Å²) in [6.45, 7) is 2.54. The Morgan fingerprint density at radius 3 is 1.79 bits per heavy atom. The molecule has 0 heterocycles. The monoisotopic (exact) mass is 261 g/mol. The Morgan fingerprint density at radius 2 is 1.32 bits per heavy atom. The van der Waals surface area contributed by atoms with Gasteiger partial charge in [-0.15, -0.1) is 0 Å². The maximum Gasteiger partial charge on any atom is 0.0185 e. The van der Waals surface area contributed by atoms with E-state index in [0.717, 1.165) is 23.7 Å². The Morgan fingerprint density at radius 1 is 0.842 bits per heavy atom. The van der Waals surface area contributed by atoms with E-state index in [0.29, 0.717) is 5.41 Å². The van der Waals surface area contributed by atoms with Crippen LogP contribution in [0, 0.1) is 29.1 Å². The standard InChI is InChI=1S/C18H31N/c1-13(18(19)5-3-2-4-6-18)17-10-14-7-15(11-17)9-16(8-14)12-17/h13-16H,2-12,19H2,1H3. The van der Waals surface area contributed by atoms with Crippen molar-refractivity contribution in [1.29, 1.82) is 0 Å². The Labute approximate surface area is 118 Å². The minimum atomic E-state index is 0.184. The molecule has 5 saturated carbocycles. The number of hydrogen-bond donors (Lipinski definition) is 1. The second kappa shape index (κ2) is 4.23. The molecule has 5 fully saturated rings. The third kappa shape index (κ3) is 1.91. The first-order valence-electron chi connectivity index (χ1n) is 8.89. The van der Waals surface area contributed by atoms with E-state index in [4.69, 9.17) is 5.73 Å². The Hall–Kier alpha value is -0.0400. The van der Waals surface area contributed by atoms with Crippen LogP contribution < -0.4 is 5.73 Å². The molecule has 108 valence electrons. The van der Waals surface area contributed by atoms with E-state index < -0.39 is 0 Å². The molecule has 1 atom stereocenters. The summed E-state index contributed by atoms with van der Waals surface area (Å²) in [6, 6.07) is 0. The molecular formula is C18H31N. The summed E-state index contributed by atoms with van der Waals surface area (Å²) in [5.41, 5.74) is 7.76. The molecule has 0 spiro atoms. The van der Waals surface area contributed by atoms with Crippen LogP contribution in [0.4, 0.5) is 0 Å². The van der Waals surface area contributed by atoms with Gasteiger partial charge >= 0.3 is 0 Å². The summed E-state index contributed by atoms with van der Waals surface area (Å²) < 4.78 is 0. The lowest BCUT2D eigenvalue weighted by atomic mass is 9.44. The van der Waals surface area contributed by atoms with Crippen LogP contribution >= 0.6 is 0 Å². The first-order valence-corrected chi connectivity index (χ1v) is 8.89. The van der Waals surface area contributed by atoms with Gasteiger partial charge in [-0.05, 0) is 80.5 Å². The van der Waals surface area contributed by atoms with Crippen LogP contribution in [0.25, 0.3) is 0 Å². The van der Waals surface area contributed by atoms with E-state index in [2.05, 4.69) is 6.92 Å². The quantitative estimate of drug-likeness (QED) is 0.778. The smallest absolute Gasteiger partial charge is 0.0185 e. The van der Waals surface area contributed by atoms with Crippen LogP contribution in [-0.2, 0) is 0 Å². The summed E-state index contributed by atoms with van der Waals surface area (Å²) in [5, 5.41) is 0. The average molecular weight is 261 g/mol. The zero-order valence-electron chi connectivity index (χ0n) is 12.7. The zero-order valence-corrected chi connectivity index (χ0v) is 12.7. The lowest BCUT2D eigenvalue weighted by Crippen LogP contribution is -2.59. The van der Waals surface area contributed by atoms with Crippen molar-refractivity contribution in [3.05, 3.63) is 0 Å². The van der Waals surface area contributed by atoms with E-state index in [1.807, 2.05) is 0 Å². The topological polar surface area (TPSA) is 26.0 Å². The first kappa shape index (κ1) is 12.7. The van der Waals surface area contributed by atoms with Gasteiger partial charge in [0.2, 0.25) is 0 Å². The van der Waals surface area contributed by atoms with Gasteiger partial charge in [0.25, 0.3) is 0 Å². The molecule has 5 aliphatic rings. The van der Waals surface area contributed by atoms with Gasteiger partial charge in [-0.1, -0.05) is 26.2 Å². The molecule has 0 aromatic heterocycles. The molecule has 1 nitrogen and oxygen atoms in total. The molecule has 5 rings (SSSR count). The van der Waals surface area contributed by atoms with Crippen LogP contribution in [0.3, 0.4) is 0 Å². The Balaban J connectivity index is 1.60. The molecular weight excluding hydrogens is 230 g/mol. The molecule has 0 saturated heterocycles. The predicted molar refractivity (Wildman–Crippen MR) is 79.8 cm³/mol. The van der Waals surface area contributed by atoms with Crippen molar-refractivity contribution in [3.63, 3.8) is 0 Å². The summed E-state index contributed by atoms with van der Waals surface area (Å²) in [5.74, 6) is 3.98. The summed E-state index contributed by atoms with van der Waals surface area (Å²) in [7, 11) is 0. The van der Waals surface area contributed by atoms with Crippen molar-refractivity contribution in [2.45, 2.75) is 83.1 Å². The van der Waals surface area contributed by atoms with E-state index in [-0.39, 0.29) is 5.54 Å². The van der Waals surface area contributed by atoms with E-state index in [1.54, 1.807) is 19.3 Å². The van der Waals surface area contributed by atoms with E-state index in [9.17, 15) is 0 Å². The molecule has 0 aliphatic heterocycles. The van der Waals surface area contributed by atoms with Crippen LogP contribution in [0.15, 0.2) is 0 Å². The van der Waals surface area contributed by atoms with Gasteiger partial charge in [0.15, 0.2) is 0 Å². The fraction of sp³-hybridized carbons (Fsp3) is 1.00. The molecule has 0 aromatic rings. The maximum atomic E-state index is 6.92. The van der Waals surface area contributed by atoms with Crippen LogP contribution in [0.1, 0.15) is 77.6 Å². The van der Waals surface area contributed by atoms with Crippen LogP contribution in [-0.4, -0.2) is 5.54 Å². The molecule has 0 radical (unpaired) electrons. The van der Waals surface area contributed by atoms with Crippen LogP contribution in [0.2, 0.25) is 0 Å². The Kier molecular flexibility index (Phi) is 2.82. The molecule has 19 heavy (non-hydrogen) atoms. The molecule has 1 heteroatoms. The number of hydrogen-bond acceptors (Lipinski definition) is 1. The van der Waals surface area contributed by atoms with Crippen molar-refractivity contribution < 1.29 is 0 Å². The molecule has 1 unspecified atom stereocenters. The SMILES string of the molecule is CC(C1(N)CCCCC1)C12CC3CC(CC(C3)C1)C2. The maximum absolute atomic E-state index is 6.92. The molecule has 4 bridgehead atoms. The van der Waals surface area contributed by atoms with Gasteiger partial charge in [0.1, 0.15) is 0 Å². The van der Waals surface area contributed by atoms with Gasteiger partial charge in [0.05, 0.1) is 0 Å². The molecule has 5 aliphatic carbocycles. The highest BCUT2D eigenvalue weighted by Gasteiger charge is 2.56. The lowest BCUT2D eigenvalue weighted by Gasteiger charge is -2.62. The van der Waals surface area contributed by atoms with Gasteiger partial charge < -0.3 is 5.73 Å². The summed E-state index contributed by atoms with van der Waals surface area (Å²) in [4.78, 5) is 0. The van der Waals surface area contributed by atoms with Crippen LogP contribution in [0.5, 0.6) is 0 Å². The summed E-state index contributed by atoms with van der Waals surface area (Å²) in [6.07, 6.45) is 16.0. The summed E-state index contributed by atoms with van der Waals surface area (Å²) >= 11 is 0. The number of rotatable bonds is 2. The Bertz CT molecular complexity index is 317. The second-order valence-electron chi connectivity index (χ2n) is 8.80. The number of nitrogens with two attached hydrogens (primary N) is 1. The third-order valence-corrected chi connectivity index (χ3v) is 7.65. The van der Waals surface area contributed by atoms with E-state index in [1.165, 1.54) is 51.4 Å². The predicted octanol–water partition coefficient (Wildman–Crippen LogP) is 4.50. The lowest BCUT2D eigenvalue weighted by molar-refractivity contribution is -0.105. The van der Waals surface area contributed by atoms with Crippen molar-refractivity contribution in [1.82, 2.24) is 0 Å². The van der Waals surface area contributed by atoms with Gasteiger partial charge in [-0.25, -0.2) is 0 Å². The highest BCUT2D eigenvalue weighted by Crippen LogP contribution is 2.64. The van der Waals surface area contributed by atoms with Gasteiger partial charge in [0, 0.05) is 5.54 Å².